The van der Waals surface area contributed by atoms with Crippen molar-refractivity contribution in [3.8, 4) is 0 Å². The SMILES string of the molecule is CN(C)c1nc2ccc(B3OC(C)(C)C(C)(C)O3)cc2s1. The minimum atomic E-state index is -0.315. The van der Waals surface area contributed by atoms with Gasteiger partial charge in [0.2, 0.25) is 0 Å². The fourth-order valence-corrected chi connectivity index (χ4v) is 3.18. The summed E-state index contributed by atoms with van der Waals surface area (Å²) in [5, 5.41) is 1.01. The largest absolute Gasteiger partial charge is 0.494 e. The third-order valence-electron chi connectivity index (χ3n) is 4.31. The second-order valence-electron chi connectivity index (χ2n) is 6.71. The van der Waals surface area contributed by atoms with Gasteiger partial charge in [0.05, 0.1) is 21.4 Å². The van der Waals surface area contributed by atoms with Gasteiger partial charge in [-0.2, -0.15) is 0 Å². The summed E-state index contributed by atoms with van der Waals surface area (Å²) in [4.78, 5) is 6.63. The van der Waals surface area contributed by atoms with Gasteiger partial charge in [-0.05, 0) is 45.3 Å². The van der Waals surface area contributed by atoms with E-state index in [2.05, 4.69) is 38.7 Å². The van der Waals surface area contributed by atoms with Crippen molar-refractivity contribution >= 4 is 39.3 Å². The van der Waals surface area contributed by atoms with Gasteiger partial charge in [0.25, 0.3) is 0 Å². The molecule has 2 heterocycles. The molecule has 0 radical (unpaired) electrons. The van der Waals surface area contributed by atoms with Crippen LogP contribution in [0.5, 0.6) is 0 Å². The maximum absolute atomic E-state index is 6.10. The molecule has 1 saturated heterocycles. The molecular weight excluding hydrogens is 283 g/mol. The van der Waals surface area contributed by atoms with Gasteiger partial charge in [0.15, 0.2) is 5.13 Å². The smallest absolute Gasteiger partial charge is 0.399 e. The van der Waals surface area contributed by atoms with E-state index >= 15 is 0 Å². The van der Waals surface area contributed by atoms with Crippen LogP contribution in [0.1, 0.15) is 27.7 Å². The Balaban J connectivity index is 1.95. The molecule has 21 heavy (non-hydrogen) atoms. The van der Waals surface area contributed by atoms with E-state index in [-0.39, 0.29) is 18.3 Å². The number of hydrogen-bond donors (Lipinski definition) is 0. The van der Waals surface area contributed by atoms with Gasteiger partial charge in [-0.3, -0.25) is 0 Å². The van der Waals surface area contributed by atoms with E-state index in [1.54, 1.807) is 11.3 Å². The number of anilines is 1. The van der Waals surface area contributed by atoms with Gasteiger partial charge in [-0.1, -0.05) is 17.4 Å². The molecule has 1 aliphatic rings. The van der Waals surface area contributed by atoms with Gasteiger partial charge in [0.1, 0.15) is 0 Å². The maximum atomic E-state index is 6.10. The van der Waals surface area contributed by atoms with Crippen LogP contribution < -0.4 is 10.4 Å². The molecule has 0 unspecified atom stereocenters. The van der Waals surface area contributed by atoms with Gasteiger partial charge < -0.3 is 14.2 Å². The number of thiazole rings is 1. The standard InChI is InChI=1S/C15H21BN2O2S/c1-14(2)15(3,4)20-16(19-14)10-7-8-11-12(9-10)21-13(17-11)18(5)6/h7-9H,1-6H3. The third-order valence-corrected chi connectivity index (χ3v) is 5.50. The third kappa shape index (κ3) is 2.45. The van der Waals surface area contributed by atoms with E-state index in [0.29, 0.717) is 0 Å². The van der Waals surface area contributed by atoms with Crippen molar-refractivity contribution < 1.29 is 9.31 Å². The molecule has 2 aromatic rings. The summed E-state index contributed by atoms with van der Waals surface area (Å²) in [6, 6.07) is 6.21. The van der Waals surface area contributed by atoms with Crippen LogP contribution in [0.25, 0.3) is 10.2 Å². The Kier molecular flexibility index (Phi) is 3.31. The first kappa shape index (κ1) is 14.8. The van der Waals surface area contributed by atoms with Crippen LogP contribution >= 0.6 is 11.3 Å². The Hall–Kier alpha value is -1.11. The van der Waals surface area contributed by atoms with Gasteiger partial charge in [-0.25, -0.2) is 4.98 Å². The van der Waals surface area contributed by atoms with Gasteiger partial charge in [0, 0.05) is 14.1 Å². The van der Waals surface area contributed by atoms with Crippen LogP contribution in [0, 0.1) is 0 Å². The molecule has 0 bridgehead atoms. The highest BCUT2D eigenvalue weighted by molar-refractivity contribution is 7.22. The second-order valence-corrected chi connectivity index (χ2v) is 7.72. The lowest BCUT2D eigenvalue weighted by Crippen LogP contribution is -2.41. The number of hydrogen-bond acceptors (Lipinski definition) is 5. The summed E-state index contributed by atoms with van der Waals surface area (Å²) in [6.07, 6.45) is 0. The second kappa shape index (κ2) is 4.70. The van der Waals surface area contributed by atoms with Gasteiger partial charge in [-0.15, -0.1) is 0 Å². The van der Waals surface area contributed by atoms with Gasteiger partial charge >= 0.3 is 7.12 Å². The highest BCUT2D eigenvalue weighted by Gasteiger charge is 2.51. The van der Waals surface area contributed by atoms with E-state index in [1.807, 2.05) is 31.1 Å². The molecule has 6 heteroatoms. The first-order valence-electron chi connectivity index (χ1n) is 7.13. The molecule has 0 spiro atoms. The summed E-state index contributed by atoms with van der Waals surface area (Å²) in [5.41, 5.74) is 1.45. The molecule has 0 amide bonds. The Morgan fingerprint density at radius 3 is 2.29 bits per heavy atom. The molecule has 4 nitrogen and oxygen atoms in total. The lowest BCUT2D eigenvalue weighted by atomic mass is 9.79. The van der Waals surface area contributed by atoms with Crippen LogP contribution in [0.3, 0.4) is 0 Å². The number of aromatic nitrogens is 1. The fourth-order valence-electron chi connectivity index (χ4n) is 2.25. The van der Waals surface area contributed by atoms with Crippen molar-refractivity contribution in [2.45, 2.75) is 38.9 Å². The van der Waals surface area contributed by atoms with Crippen molar-refractivity contribution in [1.82, 2.24) is 4.98 Å². The summed E-state index contributed by atoms with van der Waals surface area (Å²) in [5.74, 6) is 0. The Morgan fingerprint density at radius 1 is 1.10 bits per heavy atom. The first-order valence-corrected chi connectivity index (χ1v) is 7.95. The fraction of sp³-hybridized carbons (Fsp3) is 0.533. The zero-order valence-electron chi connectivity index (χ0n) is 13.4. The zero-order chi connectivity index (χ0) is 15.4. The lowest BCUT2D eigenvalue weighted by molar-refractivity contribution is 0.00578. The van der Waals surface area contributed by atoms with Crippen LogP contribution in [-0.4, -0.2) is 37.4 Å². The molecule has 1 aromatic carbocycles. The summed E-state index contributed by atoms with van der Waals surface area (Å²) in [7, 11) is 3.70. The highest BCUT2D eigenvalue weighted by Crippen LogP contribution is 2.37. The molecule has 0 aliphatic carbocycles. The Labute approximate surface area is 130 Å². The number of nitrogens with zero attached hydrogens (tertiary/aromatic N) is 2. The monoisotopic (exact) mass is 304 g/mol. The van der Waals surface area contributed by atoms with E-state index in [4.69, 9.17) is 9.31 Å². The van der Waals surface area contributed by atoms with E-state index in [9.17, 15) is 0 Å². The molecule has 1 aromatic heterocycles. The van der Waals surface area contributed by atoms with E-state index < -0.39 is 0 Å². The molecular formula is C15H21BN2O2S. The molecule has 0 N–H and O–H groups in total. The van der Waals surface area contributed by atoms with Crippen molar-refractivity contribution in [1.29, 1.82) is 0 Å². The first-order chi connectivity index (χ1) is 9.69. The van der Waals surface area contributed by atoms with Crippen molar-refractivity contribution in [3.05, 3.63) is 18.2 Å². The summed E-state index contributed by atoms with van der Waals surface area (Å²) >= 11 is 1.68. The summed E-state index contributed by atoms with van der Waals surface area (Å²) in [6.45, 7) is 8.29. The number of rotatable bonds is 2. The maximum Gasteiger partial charge on any atom is 0.494 e. The summed E-state index contributed by atoms with van der Waals surface area (Å²) < 4.78 is 13.4. The van der Waals surface area contributed by atoms with Crippen LogP contribution in [0.4, 0.5) is 5.13 Å². The predicted octanol–water partition coefficient (Wildman–Crippen LogP) is 2.66. The van der Waals surface area contributed by atoms with Crippen LogP contribution in [0.15, 0.2) is 18.2 Å². The average Bonchev–Trinajstić information content (AvgIpc) is 2.88. The zero-order valence-corrected chi connectivity index (χ0v) is 14.2. The highest BCUT2D eigenvalue weighted by atomic mass is 32.1. The Morgan fingerprint density at radius 2 is 1.71 bits per heavy atom. The number of benzene rings is 1. The quantitative estimate of drug-likeness (QED) is 0.799. The van der Waals surface area contributed by atoms with Crippen LogP contribution in [0.2, 0.25) is 0 Å². The molecule has 1 aliphatic heterocycles. The lowest BCUT2D eigenvalue weighted by Gasteiger charge is -2.32. The topological polar surface area (TPSA) is 34.6 Å². The minimum absolute atomic E-state index is 0.310. The normalized spacial score (nSPS) is 20.2. The molecule has 1 fully saturated rings. The minimum Gasteiger partial charge on any atom is -0.399 e. The molecule has 0 atom stereocenters. The number of fused-ring (bicyclic) bond motifs is 1. The molecule has 112 valence electrons. The van der Waals surface area contributed by atoms with E-state index in [0.717, 1.165) is 20.8 Å². The van der Waals surface area contributed by atoms with Crippen LogP contribution in [-0.2, 0) is 9.31 Å². The Bertz CT molecular complexity index is 665. The molecule has 0 saturated carbocycles. The van der Waals surface area contributed by atoms with Crippen molar-refractivity contribution in [2.75, 3.05) is 19.0 Å². The average molecular weight is 304 g/mol. The van der Waals surface area contributed by atoms with Crippen molar-refractivity contribution in [3.63, 3.8) is 0 Å². The van der Waals surface area contributed by atoms with E-state index in [1.165, 1.54) is 0 Å². The predicted molar refractivity (Wildman–Crippen MR) is 89.7 cm³/mol. The molecule has 3 rings (SSSR count). The van der Waals surface area contributed by atoms with Crippen molar-refractivity contribution in [2.24, 2.45) is 0 Å².